The number of nitrogens with one attached hydrogen (secondary N) is 1. The normalized spacial score (nSPS) is 11.3. The van der Waals surface area contributed by atoms with E-state index in [9.17, 15) is 0 Å². The van der Waals surface area contributed by atoms with Gasteiger partial charge >= 0.3 is 0 Å². The molecule has 0 aliphatic heterocycles. The molecular weight excluding hydrogens is 1390 g/mol. The summed E-state index contributed by atoms with van der Waals surface area (Å²) < 4.78 is 13.9. The van der Waals surface area contributed by atoms with Gasteiger partial charge in [0, 0.05) is 64.4 Å². The van der Waals surface area contributed by atoms with Crippen molar-refractivity contribution in [1.82, 2.24) is 0 Å². The van der Waals surface area contributed by atoms with Gasteiger partial charge in [0.05, 0.1) is 5.69 Å². The number of benzene rings is 18. The molecule has 0 bridgehead atoms. The average molecular weight is 1460 g/mol. The molecule has 1 N–H and O–H groups in total. The third-order valence-electron chi connectivity index (χ3n) is 20.1. The Bertz CT molecular complexity index is 6520. The van der Waals surface area contributed by atoms with E-state index in [1.807, 2.05) is 24.3 Å². The number of nitrogens with zero attached hydrogens (tertiary/aromatic N) is 1. The van der Waals surface area contributed by atoms with Crippen molar-refractivity contribution in [2.24, 2.45) is 0 Å². The van der Waals surface area contributed by atoms with Crippen LogP contribution in [0.3, 0.4) is 0 Å². The summed E-state index contributed by atoms with van der Waals surface area (Å²) in [5.74, 6) is 0. The Hall–Kier alpha value is -13.1. The summed E-state index contributed by atoms with van der Waals surface area (Å²) >= 11 is 2.36. The van der Waals surface area contributed by atoms with Crippen LogP contribution in [-0.2, 0) is 0 Å². The molecular formula is C100H67IN2O2. The summed E-state index contributed by atoms with van der Waals surface area (Å²) in [6.07, 6.45) is 0. The van der Waals surface area contributed by atoms with E-state index in [1.165, 1.54) is 91.2 Å². The SMILES string of the molecule is Ic1cccc2ccccc12.c1ccc2c(-c3ccc(-c4ccc(N(c5ccc(-c6cccc7c6oc6ccccc67)cc5)c5cccc6ccccc56)cc4)cc3)cccc2c1.c1ccc2c(-c3ccc(-c4ccc(Nc5ccc(-c6cccc7c6oc6ccccc67)cc5)cc4)cc3)cccc2c1. The van der Waals surface area contributed by atoms with Crippen LogP contribution in [0.25, 0.3) is 154 Å². The predicted molar refractivity (Wildman–Crippen MR) is 454 cm³/mol. The molecule has 20 rings (SSSR count). The quantitative estimate of drug-likeness (QED) is 0.131. The fourth-order valence-electron chi connectivity index (χ4n) is 14.8. The second-order valence-electron chi connectivity index (χ2n) is 26.4. The van der Waals surface area contributed by atoms with Crippen molar-refractivity contribution < 1.29 is 8.83 Å². The van der Waals surface area contributed by atoms with Crippen LogP contribution in [0, 0.1) is 3.57 Å². The second kappa shape index (κ2) is 28.4. The Morgan fingerprint density at radius 1 is 0.210 bits per heavy atom. The molecule has 496 valence electrons. The molecule has 2 aromatic heterocycles. The minimum atomic E-state index is 0.910. The van der Waals surface area contributed by atoms with Crippen LogP contribution in [0.5, 0.6) is 0 Å². The maximum Gasteiger partial charge on any atom is 0.143 e. The van der Waals surface area contributed by atoms with Gasteiger partial charge in [-0.3, -0.25) is 0 Å². The number of halogens is 1. The van der Waals surface area contributed by atoms with Crippen LogP contribution < -0.4 is 10.2 Å². The Kier molecular flexibility index (Phi) is 17.3. The molecule has 4 nitrogen and oxygen atoms in total. The van der Waals surface area contributed by atoms with Gasteiger partial charge in [-0.25, -0.2) is 0 Å². The van der Waals surface area contributed by atoms with Crippen molar-refractivity contribution in [3.8, 4) is 66.8 Å². The van der Waals surface area contributed by atoms with Gasteiger partial charge in [-0.2, -0.15) is 0 Å². The third kappa shape index (κ3) is 12.8. The lowest BCUT2D eigenvalue weighted by molar-refractivity contribution is 0.669. The zero-order chi connectivity index (χ0) is 70.0. The molecule has 20 aromatic rings. The Labute approximate surface area is 623 Å². The van der Waals surface area contributed by atoms with E-state index in [-0.39, 0.29) is 0 Å². The highest BCUT2D eigenvalue weighted by molar-refractivity contribution is 14.1. The van der Waals surface area contributed by atoms with Crippen LogP contribution >= 0.6 is 22.6 Å². The minimum absolute atomic E-state index is 0.910. The summed E-state index contributed by atoms with van der Waals surface area (Å²) in [5.41, 5.74) is 23.3. The summed E-state index contributed by atoms with van der Waals surface area (Å²) in [7, 11) is 0. The fourth-order valence-corrected chi connectivity index (χ4v) is 15.5. The van der Waals surface area contributed by atoms with E-state index in [1.54, 1.807) is 0 Å². The molecule has 0 amide bonds. The molecule has 0 atom stereocenters. The minimum Gasteiger partial charge on any atom is -0.455 e. The summed E-state index contributed by atoms with van der Waals surface area (Å²) in [6, 6.07) is 142. The second-order valence-corrected chi connectivity index (χ2v) is 27.6. The lowest BCUT2D eigenvalue weighted by atomic mass is 9.96. The first-order valence-electron chi connectivity index (χ1n) is 35.5. The predicted octanol–water partition coefficient (Wildman–Crippen LogP) is 29.3. The number of para-hydroxylation sites is 4. The lowest BCUT2D eigenvalue weighted by Gasteiger charge is -2.27. The standard InChI is InChI=1S/C50H33NO.C40H27NO.C10H7I/c1-3-14-42-36(10-1)12-7-17-43(42)38-24-22-34(23-25-38)35-26-30-40(31-27-35)51(48-20-8-13-37-11-2-4-15-44(37)48)41-32-28-39(29-33-41)45-18-9-19-47-46-16-5-6-21-49(46)52-50(45)47;1-2-9-34-29(7-1)8-5-11-35(34)30-17-15-27(16-18-30)28-19-23-32(24-20-28)41-33-25-21-31(22-26-33)36-12-6-13-38-37-10-3-4-14-39(37)42-40(36)38;11-10-7-3-5-8-4-1-2-6-9(8)10/h1-33H;1-26,41H;1-7H. The van der Waals surface area contributed by atoms with Crippen molar-refractivity contribution in [3.05, 3.63) is 404 Å². The molecule has 105 heavy (non-hydrogen) atoms. The van der Waals surface area contributed by atoms with Gasteiger partial charge in [0.1, 0.15) is 22.3 Å². The third-order valence-corrected chi connectivity index (χ3v) is 21.1. The summed E-state index contributed by atoms with van der Waals surface area (Å²) in [5, 5.41) is 18.3. The summed E-state index contributed by atoms with van der Waals surface area (Å²) in [6.45, 7) is 0. The average Bonchev–Trinajstić information content (AvgIpc) is 1.64. The van der Waals surface area contributed by atoms with E-state index < -0.39 is 0 Å². The molecule has 0 saturated carbocycles. The zero-order valence-electron chi connectivity index (χ0n) is 57.2. The van der Waals surface area contributed by atoms with E-state index in [0.717, 1.165) is 94.6 Å². The Morgan fingerprint density at radius 2 is 0.495 bits per heavy atom. The van der Waals surface area contributed by atoms with Crippen molar-refractivity contribution >= 4 is 138 Å². The molecule has 5 heteroatoms. The van der Waals surface area contributed by atoms with Crippen LogP contribution in [0.15, 0.2) is 409 Å². The molecule has 0 aliphatic rings. The van der Waals surface area contributed by atoms with E-state index in [2.05, 4.69) is 409 Å². The number of rotatable bonds is 11. The largest absolute Gasteiger partial charge is 0.455 e. The molecule has 2 heterocycles. The maximum absolute atomic E-state index is 6.39. The van der Waals surface area contributed by atoms with Gasteiger partial charge < -0.3 is 19.1 Å². The van der Waals surface area contributed by atoms with Crippen LogP contribution in [0.2, 0.25) is 0 Å². The van der Waals surface area contributed by atoms with Crippen molar-refractivity contribution in [1.29, 1.82) is 0 Å². The highest BCUT2D eigenvalue weighted by Gasteiger charge is 2.19. The highest BCUT2D eigenvalue weighted by Crippen LogP contribution is 2.44. The maximum atomic E-state index is 6.39. The number of hydrogen-bond donors (Lipinski definition) is 1. The van der Waals surface area contributed by atoms with Gasteiger partial charge in [-0.15, -0.1) is 0 Å². The molecule has 0 spiro atoms. The molecule has 0 saturated heterocycles. The Morgan fingerprint density at radius 3 is 0.952 bits per heavy atom. The van der Waals surface area contributed by atoms with Gasteiger partial charge in [0.15, 0.2) is 0 Å². The van der Waals surface area contributed by atoms with Crippen LogP contribution in [0.1, 0.15) is 0 Å². The molecule has 0 unspecified atom stereocenters. The van der Waals surface area contributed by atoms with E-state index >= 15 is 0 Å². The fraction of sp³-hybridized carbons (Fsp3) is 0. The molecule has 18 aromatic carbocycles. The first-order valence-corrected chi connectivity index (χ1v) is 36.6. The Balaban J connectivity index is 0.000000132. The van der Waals surface area contributed by atoms with Gasteiger partial charge in [-0.1, -0.05) is 328 Å². The summed E-state index contributed by atoms with van der Waals surface area (Å²) in [4.78, 5) is 2.36. The van der Waals surface area contributed by atoms with Crippen molar-refractivity contribution in [3.63, 3.8) is 0 Å². The first-order chi connectivity index (χ1) is 52.0. The van der Waals surface area contributed by atoms with E-state index in [4.69, 9.17) is 8.83 Å². The smallest absolute Gasteiger partial charge is 0.143 e. The first kappa shape index (κ1) is 64.1. The molecule has 0 radical (unpaired) electrons. The zero-order valence-corrected chi connectivity index (χ0v) is 59.4. The van der Waals surface area contributed by atoms with Crippen molar-refractivity contribution in [2.45, 2.75) is 0 Å². The van der Waals surface area contributed by atoms with Crippen LogP contribution in [0.4, 0.5) is 28.4 Å². The van der Waals surface area contributed by atoms with Gasteiger partial charge in [0.2, 0.25) is 0 Å². The van der Waals surface area contributed by atoms with Gasteiger partial charge in [-0.05, 0) is 189 Å². The van der Waals surface area contributed by atoms with E-state index in [0.29, 0.717) is 0 Å². The lowest BCUT2D eigenvalue weighted by Crippen LogP contribution is -2.10. The number of fused-ring (bicyclic) bond motifs is 10. The topological polar surface area (TPSA) is 41.6 Å². The van der Waals surface area contributed by atoms with Crippen molar-refractivity contribution in [2.75, 3.05) is 10.2 Å². The number of furan rings is 2. The molecule has 0 fully saturated rings. The molecule has 0 aliphatic carbocycles. The highest BCUT2D eigenvalue weighted by atomic mass is 127. The van der Waals surface area contributed by atoms with Crippen LogP contribution in [-0.4, -0.2) is 0 Å². The van der Waals surface area contributed by atoms with Gasteiger partial charge in [0.25, 0.3) is 0 Å². The number of anilines is 5. The monoisotopic (exact) mass is 1450 g/mol. The number of hydrogen-bond acceptors (Lipinski definition) is 4.